The standard InChI is InChI=1S/C24H19Cl3N6O3S/c25-14-8-16(26)22(17(27)9-14)20-10-18(32-36-20)19-12-37-23(31-19)13-2-4-33(21(34)7-13)5-6-35-24-29-3-1-15(11-28)30-24/h1,3,8-9,12-13,20H,2,4-7,10H2. The van der Waals surface area contributed by atoms with Gasteiger partial charge in [0.05, 0.1) is 27.3 Å². The smallest absolute Gasteiger partial charge is 0.317 e. The zero-order valence-electron chi connectivity index (χ0n) is 19.2. The number of rotatable bonds is 7. The lowest BCUT2D eigenvalue weighted by Crippen LogP contribution is -2.40. The normalized spacial score (nSPS) is 19.4. The number of amides is 1. The van der Waals surface area contributed by atoms with Gasteiger partial charge in [-0.1, -0.05) is 40.0 Å². The van der Waals surface area contributed by atoms with Crippen LogP contribution in [0.4, 0.5) is 0 Å². The van der Waals surface area contributed by atoms with E-state index in [4.69, 9.17) is 54.6 Å². The van der Waals surface area contributed by atoms with Gasteiger partial charge in [-0.3, -0.25) is 4.79 Å². The van der Waals surface area contributed by atoms with Gasteiger partial charge in [0.15, 0.2) is 6.10 Å². The van der Waals surface area contributed by atoms with Crippen LogP contribution in [0, 0.1) is 11.3 Å². The third-order valence-corrected chi connectivity index (χ3v) is 7.91. The molecule has 0 N–H and O–H groups in total. The number of carbonyl (C=O) groups is 1. The molecule has 0 spiro atoms. The highest BCUT2D eigenvalue weighted by Gasteiger charge is 2.32. The van der Waals surface area contributed by atoms with E-state index in [-0.39, 0.29) is 30.1 Å². The number of aromatic nitrogens is 3. The quantitative estimate of drug-likeness (QED) is 0.369. The predicted octanol–water partition coefficient (Wildman–Crippen LogP) is 5.42. The molecule has 2 aromatic heterocycles. The van der Waals surface area contributed by atoms with E-state index >= 15 is 0 Å². The van der Waals surface area contributed by atoms with Crippen molar-refractivity contribution in [3.63, 3.8) is 0 Å². The van der Waals surface area contributed by atoms with E-state index in [0.717, 1.165) is 17.1 Å². The maximum Gasteiger partial charge on any atom is 0.317 e. The summed E-state index contributed by atoms with van der Waals surface area (Å²) in [6.45, 7) is 1.26. The largest absolute Gasteiger partial charge is 0.462 e. The highest BCUT2D eigenvalue weighted by atomic mass is 35.5. The Balaban J connectivity index is 1.15. The second kappa shape index (κ2) is 11.2. The van der Waals surface area contributed by atoms with Crippen LogP contribution in [-0.2, 0) is 9.63 Å². The molecule has 1 saturated heterocycles. The van der Waals surface area contributed by atoms with E-state index in [1.807, 2.05) is 11.4 Å². The van der Waals surface area contributed by atoms with E-state index < -0.39 is 6.10 Å². The summed E-state index contributed by atoms with van der Waals surface area (Å²) in [5, 5.41) is 17.3. The van der Waals surface area contributed by atoms with Crippen LogP contribution in [0.15, 0.2) is 34.9 Å². The van der Waals surface area contributed by atoms with Crippen molar-refractivity contribution in [2.75, 3.05) is 19.7 Å². The number of halogens is 3. The Bertz CT molecular complexity index is 1390. The number of nitriles is 1. The lowest BCUT2D eigenvalue weighted by Gasteiger charge is -2.30. The van der Waals surface area contributed by atoms with Crippen molar-refractivity contribution in [3.05, 3.63) is 66.8 Å². The first-order valence-corrected chi connectivity index (χ1v) is 13.4. The van der Waals surface area contributed by atoms with Gasteiger partial charge < -0.3 is 14.5 Å². The minimum absolute atomic E-state index is 0.0388. The number of likely N-dealkylation sites (tertiary alicyclic amines) is 1. The Kier molecular flexibility index (Phi) is 7.76. The maximum atomic E-state index is 12.8. The first kappa shape index (κ1) is 25.7. The topological polar surface area (TPSA) is 114 Å². The van der Waals surface area contributed by atoms with Crippen LogP contribution < -0.4 is 4.74 Å². The van der Waals surface area contributed by atoms with E-state index in [2.05, 4.69) is 15.1 Å². The van der Waals surface area contributed by atoms with Crippen molar-refractivity contribution < 1.29 is 14.4 Å². The van der Waals surface area contributed by atoms with E-state index in [9.17, 15) is 4.79 Å². The summed E-state index contributed by atoms with van der Waals surface area (Å²) >= 11 is 20.2. The molecule has 190 valence electrons. The van der Waals surface area contributed by atoms with Crippen LogP contribution in [0.2, 0.25) is 15.1 Å². The molecular weight excluding hydrogens is 559 g/mol. The summed E-state index contributed by atoms with van der Waals surface area (Å²) in [6.07, 6.45) is 2.68. The minimum atomic E-state index is -0.419. The SMILES string of the molecule is N#Cc1ccnc(OCCN2CCC(c3nc(C4=NOC(c5c(Cl)cc(Cl)cc5Cl)C4)cs3)CC2=O)n1. The fourth-order valence-electron chi connectivity index (χ4n) is 4.20. The number of oxime groups is 1. The molecular formula is C24H19Cl3N6O3S. The van der Waals surface area contributed by atoms with Gasteiger partial charge >= 0.3 is 6.01 Å². The number of nitrogens with zero attached hydrogens (tertiary/aromatic N) is 6. The molecule has 2 unspecified atom stereocenters. The van der Waals surface area contributed by atoms with Gasteiger partial charge in [-0.15, -0.1) is 11.3 Å². The van der Waals surface area contributed by atoms with Crippen molar-refractivity contribution in [1.29, 1.82) is 5.26 Å². The van der Waals surface area contributed by atoms with E-state index in [1.54, 1.807) is 17.0 Å². The molecule has 4 heterocycles. The predicted molar refractivity (Wildman–Crippen MR) is 139 cm³/mol. The van der Waals surface area contributed by atoms with Crippen LogP contribution in [0.25, 0.3) is 0 Å². The highest BCUT2D eigenvalue weighted by molar-refractivity contribution is 7.10. The van der Waals surface area contributed by atoms with Crippen LogP contribution in [0.1, 0.15) is 53.2 Å². The second-order valence-corrected chi connectivity index (χ2v) is 10.6. The summed E-state index contributed by atoms with van der Waals surface area (Å²) in [4.78, 5) is 32.9. The van der Waals surface area contributed by atoms with Gasteiger partial charge in [0.25, 0.3) is 0 Å². The summed E-state index contributed by atoms with van der Waals surface area (Å²) in [7, 11) is 0. The Labute approximate surface area is 231 Å². The second-order valence-electron chi connectivity index (χ2n) is 8.45. The maximum absolute atomic E-state index is 12.8. The van der Waals surface area contributed by atoms with Crippen molar-refractivity contribution >= 4 is 57.8 Å². The number of carbonyl (C=O) groups excluding carboxylic acids is 1. The first-order valence-electron chi connectivity index (χ1n) is 11.4. The van der Waals surface area contributed by atoms with Gasteiger partial charge in [-0.25, -0.2) is 9.97 Å². The number of ether oxygens (including phenoxy) is 1. The number of thiazole rings is 1. The number of hydrogen-bond acceptors (Lipinski definition) is 9. The summed E-state index contributed by atoms with van der Waals surface area (Å²) in [5.74, 6) is 0.0786. The van der Waals surface area contributed by atoms with Crippen LogP contribution in [-0.4, -0.2) is 51.2 Å². The molecule has 0 aliphatic carbocycles. The third-order valence-electron chi connectivity index (χ3n) is 6.06. The number of benzene rings is 1. The van der Waals surface area contributed by atoms with Gasteiger partial charge in [0.2, 0.25) is 5.91 Å². The first-order chi connectivity index (χ1) is 17.9. The Morgan fingerprint density at radius 2 is 2.03 bits per heavy atom. The molecule has 2 aliphatic heterocycles. The van der Waals surface area contributed by atoms with Crippen molar-refractivity contribution in [1.82, 2.24) is 19.9 Å². The molecule has 1 aromatic carbocycles. The molecule has 13 heteroatoms. The van der Waals surface area contributed by atoms with Gasteiger partial charge in [-0.2, -0.15) is 10.2 Å². The Hall–Kier alpha value is -2.97. The molecule has 1 fully saturated rings. The molecule has 0 radical (unpaired) electrons. The summed E-state index contributed by atoms with van der Waals surface area (Å²) < 4.78 is 5.51. The number of hydrogen-bond donors (Lipinski definition) is 0. The van der Waals surface area contributed by atoms with Crippen LogP contribution in [0.5, 0.6) is 6.01 Å². The Morgan fingerprint density at radius 3 is 2.78 bits per heavy atom. The van der Waals surface area contributed by atoms with Gasteiger partial charge in [0, 0.05) is 47.5 Å². The average molecular weight is 578 g/mol. The molecule has 2 aliphatic rings. The zero-order chi connectivity index (χ0) is 25.9. The molecule has 5 rings (SSSR count). The van der Waals surface area contributed by atoms with Crippen molar-refractivity contribution in [2.24, 2.45) is 5.16 Å². The van der Waals surface area contributed by atoms with E-state index in [0.29, 0.717) is 52.3 Å². The molecule has 37 heavy (non-hydrogen) atoms. The third kappa shape index (κ3) is 5.80. The summed E-state index contributed by atoms with van der Waals surface area (Å²) in [5.41, 5.74) is 2.31. The van der Waals surface area contributed by atoms with Gasteiger partial charge in [-0.05, 0) is 24.6 Å². The molecule has 9 nitrogen and oxygen atoms in total. The summed E-state index contributed by atoms with van der Waals surface area (Å²) in [6, 6.07) is 6.82. The lowest BCUT2D eigenvalue weighted by molar-refractivity contribution is -0.134. The zero-order valence-corrected chi connectivity index (χ0v) is 22.3. The fourth-order valence-corrected chi connectivity index (χ4v) is 6.22. The monoisotopic (exact) mass is 576 g/mol. The highest BCUT2D eigenvalue weighted by Crippen LogP contribution is 2.40. The average Bonchev–Trinajstić information content (AvgIpc) is 3.55. The Morgan fingerprint density at radius 1 is 1.22 bits per heavy atom. The van der Waals surface area contributed by atoms with Crippen LogP contribution >= 0.6 is 46.1 Å². The van der Waals surface area contributed by atoms with Crippen molar-refractivity contribution in [2.45, 2.75) is 31.3 Å². The molecule has 3 aromatic rings. The van der Waals surface area contributed by atoms with E-state index in [1.165, 1.54) is 23.6 Å². The number of piperidine rings is 1. The fraction of sp³-hybridized carbons (Fsp3) is 0.333. The van der Waals surface area contributed by atoms with Gasteiger partial charge in [0.1, 0.15) is 24.1 Å². The van der Waals surface area contributed by atoms with Crippen molar-refractivity contribution in [3.8, 4) is 12.1 Å². The van der Waals surface area contributed by atoms with Crippen LogP contribution in [0.3, 0.4) is 0 Å². The molecule has 2 atom stereocenters. The molecule has 0 saturated carbocycles. The molecule has 1 amide bonds. The lowest BCUT2D eigenvalue weighted by atomic mass is 9.97. The molecule has 0 bridgehead atoms. The minimum Gasteiger partial charge on any atom is -0.462 e.